The van der Waals surface area contributed by atoms with Crippen LogP contribution in [-0.4, -0.2) is 9.55 Å². The molecule has 0 atom stereocenters. The molecule has 0 aliphatic heterocycles. The molecule has 0 N–H and O–H groups in total. The highest BCUT2D eigenvalue weighted by atomic mass is 35.5. The van der Waals surface area contributed by atoms with E-state index in [0.29, 0.717) is 5.02 Å². The first-order valence-electron chi connectivity index (χ1n) is 7.88. The molecule has 2 aromatic heterocycles. The number of halogens is 1. The largest absolute Gasteiger partial charge is 0.458 e. The van der Waals surface area contributed by atoms with E-state index in [9.17, 15) is 0 Å². The minimum absolute atomic E-state index is 0.685. The van der Waals surface area contributed by atoms with Crippen molar-refractivity contribution in [2.45, 2.75) is 20.4 Å². The number of hydrogen-bond donors (Lipinski definition) is 0. The summed E-state index contributed by atoms with van der Waals surface area (Å²) in [6, 6.07) is 18.2. The van der Waals surface area contributed by atoms with Gasteiger partial charge >= 0.3 is 0 Å². The van der Waals surface area contributed by atoms with Crippen LogP contribution in [0.1, 0.15) is 16.9 Å². The van der Waals surface area contributed by atoms with Gasteiger partial charge in [0.25, 0.3) is 0 Å². The lowest BCUT2D eigenvalue weighted by Crippen LogP contribution is -2.02. The van der Waals surface area contributed by atoms with Gasteiger partial charge in [-0.3, -0.25) is 0 Å². The van der Waals surface area contributed by atoms with E-state index >= 15 is 0 Å². The topological polar surface area (TPSA) is 31.0 Å². The molecule has 24 heavy (non-hydrogen) atoms. The first kappa shape index (κ1) is 15.0. The van der Waals surface area contributed by atoms with Crippen molar-refractivity contribution in [1.29, 1.82) is 0 Å². The second-order valence-electron chi connectivity index (χ2n) is 6.05. The van der Waals surface area contributed by atoms with E-state index in [1.807, 2.05) is 37.3 Å². The fourth-order valence-corrected chi connectivity index (χ4v) is 3.17. The highest BCUT2D eigenvalue weighted by molar-refractivity contribution is 6.31. The van der Waals surface area contributed by atoms with Gasteiger partial charge in [-0.1, -0.05) is 41.4 Å². The number of aromatic nitrogens is 2. The highest BCUT2D eigenvalue weighted by Crippen LogP contribution is 2.29. The third-order valence-electron chi connectivity index (χ3n) is 4.09. The van der Waals surface area contributed by atoms with E-state index < -0.39 is 0 Å². The van der Waals surface area contributed by atoms with E-state index in [0.717, 1.165) is 34.9 Å². The normalized spacial score (nSPS) is 11.3. The molecule has 2 aromatic carbocycles. The molecule has 0 bridgehead atoms. The van der Waals surface area contributed by atoms with Gasteiger partial charge in [-0.15, -0.1) is 0 Å². The van der Waals surface area contributed by atoms with Crippen LogP contribution in [0.15, 0.2) is 59.0 Å². The molecule has 0 radical (unpaired) electrons. The molecule has 0 fully saturated rings. The van der Waals surface area contributed by atoms with Crippen LogP contribution in [0.5, 0.6) is 0 Å². The number of rotatable bonds is 3. The van der Waals surface area contributed by atoms with E-state index in [1.54, 1.807) is 0 Å². The first-order chi connectivity index (χ1) is 11.6. The Morgan fingerprint density at radius 3 is 2.67 bits per heavy atom. The molecule has 2 heterocycles. The summed E-state index contributed by atoms with van der Waals surface area (Å²) in [6.07, 6.45) is 0. The Kier molecular flexibility index (Phi) is 3.66. The molecule has 120 valence electrons. The Balaban J connectivity index is 1.90. The third-order valence-corrected chi connectivity index (χ3v) is 4.33. The van der Waals surface area contributed by atoms with Crippen LogP contribution >= 0.6 is 11.6 Å². The zero-order chi connectivity index (χ0) is 16.7. The second kappa shape index (κ2) is 5.84. The van der Waals surface area contributed by atoms with Crippen molar-refractivity contribution in [1.82, 2.24) is 9.55 Å². The van der Waals surface area contributed by atoms with Crippen molar-refractivity contribution >= 4 is 22.6 Å². The summed E-state index contributed by atoms with van der Waals surface area (Å²) in [5.41, 5.74) is 4.40. The van der Waals surface area contributed by atoms with Crippen molar-refractivity contribution in [3.8, 4) is 11.6 Å². The van der Waals surface area contributed by atoms with Gasteiger partial charge in [0.2, 0.25) is 0 Å². The fourth-order valence-electron chi connectivity index (χ4n) is 3.00. The van der Waals surface area contributed by atoms with Gasteiger partial charge in [-0.05, 0) is 49.7 Å². The average Bonchev–Trinajstić information content (AvgIpc) is 3.11. The molecular weight excluding hydrogens is 320 g/mol. The minimum Gasteiger partial charge on any atom is -0.458 e. The van der Waals surface area contributed by atoms with Crippen molar-refractivity contribution in [3.05, 3.63) is 76.5 Å². The number of hydrogen-bond acceptors (Lipinski definition) is 2. The van der Waals surface area contributed by atoms with Gasteiger partial charge in [0.1, 0.15) is 5.76 Å². The Labute approximate surface area is 145 Å². The number of benzene rings is 2. The molecule has 4 rings (SSSR count). The Bertz CT molecular complexity index is 1030. The molecule has 0 spiro atoms. The standard InChI is InChI=1S/C20H17ClN2O/c1-13-4-3-5-15(10-13)12-23-18-8-7-16(21)11-17(18)22-20(23)19-9-6-14(2)24-19/h3-11H,12H2,1-2H3. The predicted molar refractivity (Wildman–Crippen MR) is 97.5 cm³/mol. The molecule has 0 saturated heterocycles. The molecule has 0 saturated carbocycles. The molecule has 3 nitrogen and oxygen atoms in total. The lowest BCUT2D eigenvalue weighted by molar-refractivity contribution is 0.540. The Morgan fingerprint density at radius 2 is 1.92 bits per heavy atom. The van der Waals surface area contributed by atoms with Crippen LogP contribution in [0.25, 0.3) is 22.6 Å². The molecule has 4 aromatic rings. The number of aryl methyl sites for hydroxylation is 2. The Hall–Kier alpha value is -2.52. The van der Waals surface area contributed by atoms with Crippen LogP contribution in [-0.2, 0) is 6.54 Å². The molecule has 0 amide bonds. The summed E-state index contributed by atoms with van der Waals surface area (Å²) in [6.45, 7) is 4.77. The van der Waals surface area contributed by atoms with Crippen LogP contribution in [0, 0.1) is 13.8 Å². The van der Waals surface area contributed by atoms with Crippen molar-refractivity contribution in [2.75, 3.05) is 0 Å². The fraction of sp³-hybridized carbons (Fsp3) is 0.150. The monoisotopic (exact) mass is 336 g/mol. The predicted octanol–water partition coefficient (Wildman–Crippen LogP) is 5.61. The summed E-state index contributed by atoms with van der Waals surface area (Å²) in [5.74, 6) is 2.46. The smallest absolute Gasteiger partial charge is 0.177 e. The molecule has 0 unspecified atom stereocenters. The quantitative estimate of drug-likeness (QED) is 0.486. The maximum Gasteiger partial charge on any atom is 0.177 e. The number of nitrogens with zero attached hydrogens (tertiary/aromatic N) is 2. The van der Waals surface area contributed by atoms with Crippen LogP contribution in [0.2, 0.25) is 5.02 Å². The van der Waals surface area contributed by atoms with Crippen molar-refractivity contribution in [2.24, 2.45) is 0 Å². The van der Waals surface area contributed by atoms with Gasteiger partial charge in [0.05, 0.1) is 11.0 Å². The van der Waals surface area contributed by atoms with E-state index in [1.165, 1.54) is 11.1 Å². The zero-order valence-corrected chi connectivity index (χ0v) is 14.3. The van der Waals surface area contributed by atoms with E-state index in [4.69, 9.17) is 21.0 Å². The highest BCUT2D eigenvalue weighted by Gasteiger charge is 2.16. The maximum absolute atomic E-state index is 6.14. The molecular formula is C20H17ClN2O. The molecule has 0 aliphatic carbocycles. The zero-order valence-electron chi connectivity index (χ0n) is 13.6. The van der Waals surface area contributed by atoms with E-state index in [2.05, 4.69) is 35.8 Å². The summed E-state index contributed by atoms with van der Waals surface area (Å²) in [5, 5.41) is 0.685. The first-order valence-corrected chi connectivity index (χ1v) is 8.26. The number of fused-ring (bicyclic) bond motifs is 1. The van der Waals surface area contributed by atoms with Gasteiger partial charge < -0.3 is 8.98 Å². The summed E-state index contributed by atoms with van der Waals surface area (Å²) in [4.78, 5) is 4.76. The molecule has 4 heteroatoms. The SMILES string of the molecule is Cc1cccc(Cn2c(-c3ccc(C)o3)nc3cc(Cl)ccc32)c1. The van der Waals surface area contributed by atoms with Gasteiger partial charge in [-0.25, -0.2) is 4.98 Å². The lowest BCUT2D eigenvalue weighted by atomic mass is 10.1. The van der Waals surface area contributed by atoms with Crippen molar-refractivity contribution < 1.29 is 4.42 Å². The van der Waals surface area contributed by atoms with Crippen molar-refractivity contribution in [3.63, 3.8) is 0 Å². The molecule has 0 aliphatic rings. The minimum atomic E-state index is 0.685. The average molecular weight is 337 g/mol. The summed E-state index contributed by atoms with van der Waals surface area (Å²) >= 11 is 6.14. The Morgan fingerprint density at radius 1 is 1.04 bits per heavy atom. The summed E-state index contributed by atoms with van der Waals surface area (Å²) in [7, 11) is 0. The van der Waals surface area contributed by atoms with Crippen LogP contribution < -0.4 is 0 Å². The van der Waals surface area contributed by atoms with Crippen LogP contribution in [0.4, 0.5) is 0 Å². The number of furan rings is 1. The van der Waals surface area contributed by atoms with Gasteiger partial charge in [0.15, 0.2) is 11.6 Å². The lowest BCUT2D eigenvalue weighted by Gasteiger charge is -2.09. The van der Waals surface area contributed by atoms with E-state index in [-0.39, 0.29) is 0 Å². The maximum atomic E-state index is 6.14. The van der Waals surface area contributed by atoms with Gasteiger partial charge in [-0.2, -0.15) is 0 Å². The summed E-state index contributed by atoms with van der Waals surface area (Å²) < 4.78 is 7.99. The van der Waals surface area contributed by atoms with Crippen LogP contribution in [0.3, 0.4) is 0 Å². The second-order valence-corrected chi connectivity index (χ2v) is 6.49. The van der Waals surface area contributed by atoms with Gasteiger partial charge in [0, 0.05) is 11.6 Å². The number of imidazole rings is 1. The third kappa shape index (κ3) is 2.72.